The average molecular weight is 211 g/mol. The third-order valence-corrected chi connectivity index (χ3v) is 1.75. The van der Waals surface area contributed by atoms with Gasteiger partial charge in [0.1, 0.15) is 6.10 Å². The zero-order valence-electron chi connectivity index (χ0n) is 9.14. The van der Waals surface area contributed by atoms with Crippen LogP contribution in [0.25, 0.3) is 0 Å². The molecule has 2 N–H and O–H groups in total. The molecule has 0 bridgehead atoms. The maximum Gasteiger partial charge on any atom is 0.232 e. The fourth-order valence-corrected chi connectivity index (χ4v) is 1.07. The summed E-state index contributed by atoms with van der Waals surface area (Å²) in [5, 5.41) is 0. The lowest BCUT2D eigenvalue weighted by atomic mass is 10.4. The van der Waals surface area contributed by atoms with E-state index in [1.807, 2.05) is 13.8 Å². The number of ether oxygens (including phenoxy) is 2. The number of rotatable bonds is 6. The molecule has 0 fully saturated rings. The Morgan fingerprint density at radius 1 is 1.47 bits per heavy atom. The van der Waals surface area contributed by atoms with Crippen molar-refractivity contribution in [1.82, 2.24) is 9.97 Å². The van der Waals surface area contributed by atoms with E-state index in [2.05, 4.69) is 9.97 Å². The predicted molar refractivity (Wildman–Crippen MR) is 56.5 cm³/mol. The minimum Gasteiger partial charge on any atom is -0.471 e. The van der Waals surface area contributed by atoms with Crippen molar-refractivity contribution in [3.05, 3.63) is 18.1 Å². The first kappa shape index (κ1) is 11.9. The molecule has 15 heavy (non-hydrogen) atoms. The first-order chi connectivity index (χ1) is 7.26. The van der Waals surface area contributed by atoms with E-state index >= 15 is 0 Å². The van der Waals surface area contributed by atoms with Crippen molar-refractivity contribution < 1.29 is 9.47 Å². The van der Waals surface area contributed by atoms with Crippen LogP contribution in [0.2, 0.25) is 0 Å². The van der Waals surface area contributed by atoms with E-state index in [4.69, 9.17) is 15.2 Å². The molecule has 0 aromatic carbocycles. The first-order valence-corrected chi connectivity index (χ1v) is 5.01. The van der Waals surface area contributed by atoms with Gasteiger partial charge in [-0.05, 0) is 13.8 Å². The molecule has 1 atom stereocenters. The zero-order valence-corrected chi connectivity index (χ0v) is 9.14. The van der Waals surface area contributed by atoms with Gasteiger partial charge in [0.15, 0.2) is 0 Å². The largest absolute Gasteiger partial charge is 0.471 e. The van der Waals surface area contributed by atoms with Gasteiger partial charge in [0, 0.05) is 19.3 Å². The summed E-state index contributed by atoms with van der Waals surface area (Å²) in [6.45, 7) is 5.46. The van der Waals surface area contributed by atoms with Gasteiger partial charge in [-0.2, -0.15) is 0 Å². The Hall–Kier alpha value is -1.20. The van der Waals surface area contributed by atoms with Crippen molar-refractivity contribution in [3.63, 3.8) is 0 Å². The highest BCUT2D eigenvalue weighted by molar-refractivity contribution is 5.08. The van der Waals surface area contributed by atoms with Crippen LogP contribution < -0.4 is 10.5 Å². The van der Waals surface area contributed by atoms with Crippen LogP contribution in [0, 0.1) is 0 Å². The summed E-state index contributed by atoms with van der Waals surface area (Å²) < 4.78 is 10.7. The van der Waals surface area contributed by atoms with E-state index in [1.165, 1.54) is 0 Å². The number of hydrogen-bond donors (Lipinski definition) is 1. The van der Waals surface area contributed by atoms with Crippen LogP contribution in [0.5, 0.6) is 5.88 Å². The molecule has 1 aromatic rings. The summed E-state index contributed by atoms with van der Waals surface area (Å²) >= 11 is 0. The lowest BCUT2D eigenvalue weighted by molar-refractivity contribution is 0.0630. The first-order valence-electron chi connectivity index (χ1n) is 5.01. The van der Waals surface area contributed by atoms with Crippen LogP contribution in [-0.4, -0.2) is 29.3 Å². The topological polar surface area (TPSA) is 70.3 Å². The molecule has 0 amide bonds. The Kier molecular flexibility index (Phi) is 5.00. The Bertz CT molecular complexity index is 294. The molecule has 1 rings (SSSR count). The van der Waals surface area contributed by atoms with Crippen LogP contribution in [0.3, 0.4) is 0 Å². The summed E-state index contributed by atoms with van der Waals surface area (Å²) in [6.07, 6.45) is 3.16. The van der Waals surface area contributed by atoms with Gasteiger partial charge in [-0.1, -0.05) is 0 Å². The van der Waals surface area contributed by atoms with Gasteiger partial charge in [0.2, 0.25) is 5.88 Å². The van der Waals surface area contributed by atoms with E-state index in [-0.39, 0.29) is 6.10 Å². The molecule has 5 nitrogen and oxygen atoms in total. The molecular weight excluding hydrogens is 194 g/mol. The minimum atomic E-state index is -0.0349. The second-order valence-electron chi connectivity index (χ2n) is 3.14. The Balaban J connectivity index is 2.48. The van der Waals surface area contributed by atoms with Crippen LogP contribution in [0.15, 0.2) is 12.4 Å². The van der Waals surface area contributed by atoms with Crippen molar-refractivity contribution in [1.29, 1.82) is 0 Å². The van der Waals surface area contributed by atoms with E-state index < -0.39 is 0 Å². The molecule has 1 unspecified atom stereocenters. The highest BCUT2D eigenvalue weighted by Crippen LogP contribution is 2.07. The van der Waals surface area contributed by atoms with Crippen LogP contribution >= 0.6 is 0 Å². The molecule has 84 valence electrons. The van der Waals surface area contributed by atoms with E-state index in [1.54, 1.807) is 12.4 Å². The number of hydrogen-bond acceptors (Lipinski definition) is 5. The highest BCUT2D eigenvalue weighted by atomic mass is 16.5. The monoisotopic (exact) mass is 211 g/mol. The lowest BCUT2D eigenvalue weighted by Crippen LogP contribution is -2.20. The summed E-state index contributed by atoms with van der Waals surface area (Å²) in [5.41, 5.74) is 6.17. The molecule has 0 spiro atoms. The summed E-state index contributed by atoms with van der Waals surface area (Å²) in [6, 6.07) is 0. The number of aromatic nitrogens is 2. The Morgan fingerprint density at radius 3 is 2.93 bits per heavy atom. The Morgan fingerprint density at radius 2 is 2.27 bits per heavy atom. The molecule has 0 aliphatic carbocycles. The normalized spacial score (nSPS) is 12.5. The summed E-state index contributed by atoms with van der Waals surface area (Å²) in [5.74, 6) is 0.491. The van der Waals surface area contributed by atoms with Crippen molar-refractivity contribution in [3.8, 4) is 5.88 Å². The van der Waals surface area contributed by atoms with Crippen molar-refractivity contribution in [2.24, 2.45) is 5.73 Å². The SMILES string of the molecule is CCOCC(C)Oc1cncc(CN)n1. The fraction of sp³-hybridized carbons (Fsp3) is 0.600. The van der Waals surface area contributed by atoms with Crippen LogP contribution in [0.1, 0.15) is 19.5 Å². The van der Waals surface area contributed by atoms with Crippen LogP contribution in [0.4, 0.5) is 0 Å². The van der Waals surface area contributed by atoms with E-state index in [0.29, 0.717) is 25.6 Å². The van der Waals surface area contributed by atoms with Gasteiger partial charge in [0.25, 0.3) is 0 Å². The third kappa shape index (κ3) is 4.22. The Labute approximate surface area is 89.6 Å². The summed E-state index contributed by atoms with van der Waals surface area (Å²) in [7, 11) is 0. The van der Waals surface area contributed by atoms with Gasteiger partial charge in [-0.25, -0.2) is 4.98 Å². The molecule has 0 saturated heterocycles. The molecule has 1 heterocycles. The predicted octanol–water partition coefficient (Wildman–Crippen LogP) is 0.739. The maximum absolute atomic E-state index is 5.50. The highest BCUT2D eigenvalue weighted by Gasteiger charge is 2.05. The average Bonchev–Trinajstić information content (AvgIpc) is 2.26. The zero-order chi connectivity index (χ0) is 11.1. The number of nitrogens with zero attached hydrogens (tertiary/aromatic N) is 2. The molecule has 0 aliphatic rings. The lowest BCUT2D eigenvalue weighted by Gasteiger charge is -2.13. The molecule has 1 aromatic heterocycles. The second-order valence-corrected chi connectivity index (χ2v) is 3.14. The summed E-state index contributed by atoms with van der Waals surface area (Å²) in [4.78, 5) is 8.15. The maximum atomic E-state index is 5.50. The molecule has 5 heteroatoms. The smallest absolute Gasteiger partial charge is 0.232 e. The van der Waals surface area contributed by atoms with E-state index in [0.717, 1.165) is 5.69 Å². The van der Waals surface area contributed by atoms with Crippen molar-refractivity contribution in [2.45, 2.75) is 26.5 Å². The van der Waals surface area contributed by atoms with Gasteiger partial charge >= 0.3 is 0 Å². The van der Waals surface area contributed by atoms with E-state index in [9.17, 15) is 0 Å². The second kappa shape index (κ2) is 6.31. The molecule has 0 aliphatic heterocycles. The quantitative estimate of drug-likeness (QED) is 0.751. The number of nitrogens with two attached hydrogens (primary N) is 1. The fourth-order valence-electron chi connectivity index (χ4n) is 1.07. The molecule has 0 saturated carbocycles. The van der Waals surface area contributed by atoms with Gasteiger partial charge in [0.05, 0.1) is 18.5 Å². The van der Waals surface area contributed by atoms with Crippen LogP contribution in [-0.2, 0) is 11.3 Å². The molecule has 0 radical (unpaired) electrons. The van der Waals surface area contributed by atoms with Crippen molar-refractivity contribution in [2.75, 3.05) is 13.2 Å². The van der Waals surface area contributed by atoms with Gasteiger partial charge in [-0.15, -0.1) is 0 Å². The van der Waals surface area contributed by atoms with Gasteiger partial charge < -0.3 is 15.2 Å². The van der Waals surface area contributed by atoms with Gasteiger partial charge in [-0.3, -0.25) is 4.98 Å². The molecular formula is C10H17N3O2. The minimum absolute atomic E-state index is 0.0349. The van der Waals surface area contributed by atoms with Crippen molar-refractivity contribution >= 4 is 0 Å². The third-order valence-electron chi connectivity index (χ3n) is 1.75. The standard InChI is InChI=1S/C10H17N3O2/c1-3-14-7-8(2)15-10-6-12-5-9(4-11)13-10/h5-6,8H,3-4,7,11H2,1-2H3.